The first kappa shape index (κ1) is 12.9. The molecule has 4 heteroatoms. The Labute approximate surface area is 111 Å². The number of hydrogen-bond donors (Lipinski definition) is 2. The Hall–Kier alpha value is -1.58. The fraction of sp³-hybridized carbons (Fsp3) is 0.143. The first-order chi connectivity index (χ1) is 8.70. The largest absolute Gasteiger partial charge is 0.375 e. The van der Waals surface area contributed by atoms with Crippen molar-refractivity contribution < 1.29 is 4.39 Å². The van der Waals surface area contributed by atoms with E-state index in [1.807, 2.05) is 18.2 Å². The second kappa shape index (κ2) is 5.85. The summed E-state index contributed by atoms with van der Waals surface area (Å²) >= 11 is 5.94. The third kappa shape index (κ3) is 3.00. The van der Waals surface area contributed by atoms with Crippen LogP contribution in [0.2, 0.25) is 5.02 Å². The maximum Gasteiger partial charge on any atom is 0.146 e. The van der Waals surface area contributed by atoms with Crippen LogP contribution < -0.4 is 11.1 Å². The first-order valence-electron chi connectivity index (χ1n) is 5.67. The summed E-state index contributed by atoms with van der Waals surface area (Å²) in [7, 11) is 0. The van der Waals surface area contributed by atoms with Crippen molar-refractivity contribution in [1.29, 1.82) is 0 Å². The van der Waals surface area contributed by atoms with Crippen LogP contribution in [-0.4, -0.2) is 6.54 Å². The van der Waals surface area contributed by atoms with Crippen molar-refractivity contribution in [2.75, 3.05) is 11.9 Å². The van der Waals surface area contributed by atoms with Crippen molar-refractivity contribution in [2.24, 2.45) is 5.73 Å². The predicted molar refractivity (Wildman–Crippen MR) is 73.3 cm³/mol. The highest BCUT2D eigenvalue weighted by Gasteiger charge is 2.11. The van der Waals surface area contributed by atoms with Crippen molar-refractivity contribution in [3.05, 3.63) is 64.9 Å². The quantitative estimate of drug-likeness (QED) is 0.886. The zero-order chi connectivity index (χ0) is 13.0. The number of nitrogens with one attached hydrogen (secondary N) is 1. The highest BCUT2D eigenvalue weighted by Crippen LogP contribution is 2.23. The van der Waals surface area contributed by atoms with E-state index >= 15 is 0 Å². The van der Waals surface area contributed by atoms with Crippen molar-refractivity contribution in [2.45, 2.75) is 6.04 Å². The molecule has 0 radical (unpaired) electrons. The molecule has 2 rings (SSSR count). The molecule has 18 heavy (non-hydrogen) atoms. The molecule has 0 fully saturated rings. The number of hydrogen-bond acceptors (Lipinski definition) is 2. The van der Waals surface area contributed by atoms with E-state index in [1.54, 1.807) is 24.3 Å². The van der Waals surface area contributed by atoms with E-state index in [4.69, 9.17) is 17.3 Å². The molecule has 0 amide bonds. The molecule has 1 atom stereocenters. The van der Waals surface area contributed by atoms with Crippen molar-refractivity contribution in [3.63, 3.8) is 0 Å². The normalized spacial score (nSPS) is 12.2. The first-order valence-corrected chi connectivity index (χ1v) is 6.05. The van der Waals surface area contributed by atoms with Gasteiger partial charge in [0.25, 0.3) is 0 Å². The summed E-state index contributed by atoms with van der Waals surface area (Å²) in [6.07, 6.45) is 0. The minimum atomic E-state index is -0.294. The molecule has 0 saturated heterocycles. The summed E-state index contributed by atoms with van der Waals surface area (Å²) in [6.45, 7) is 0.356. The van der Waals surface area contributed by atoms with Crippen LogP contribution in [0.5, 0.6) is 0 Å². The van der Waals surface area contributed by atoms with Gasteiger partial charge in [0, 0.05) is 11.6 Å². The third-order valence-corrected chi connectivity index (χ3v) is 2.93. The van der Waals surface area contributed by atoms with Crippen LogP contribution in [0.1, 0.15) is 11.6 Å². The van der Waals surface area contributed by atoms with Gasteiger partial charge in [-0.1, -0.05) is 35.9 Å². The average molecular weight is 265 g/mol. The number of rotatable bonds is 4. The minimum absolute atomic E-state index is 0.166. The van der Waals surface area contributed by atoms with Gasteiger partial charge in [-0.3, -0.25) is 0 Å². The lowest BCUT2D eigenvalue weighted by Crippen LogP contribution is -2.21. The molecular weight excluding hydrogens is 251 g/mol. The molecule has 0 bridgehead atoms. The van der Waals surface area contributed by atoms with Gasteiger partial charge in [0.1, 0.15) is 5.82 Å². The lowest BCUT2D eigenvalue weighted by Gasteiger charge is -2.19. The summed E-state index contributed by atoms with van der Waals surface area (Å²) < 4.78 is 13.6. The van der Waals surface area contributed by atoms with Gasteiger partial charge >= 0.3 is 0 Å². The van der Waals surface area contributed by atoms with Crippen LogP contribution in [0.3, 0.4) is 0 Å². The number of para-hydroxylation sites is 1. The second-order valence-electron chi connectivity index (χ2n) is 3.97. The predicted octanol–water partition coefficient (Wildman–Crippen LogP) is 3.59. The molecule has 0 aromatic heterocycles. The summed E-state index contributed by atoms with van der Waals surface area (Å²) in [5.74, 6) is -0.294. The van der Waals surface area contributed by atoms with E-state index in [9.17, 15) is 4.39 Å². The summed E-state index contributed by atoms with van der Waals surface area (Å²) in [5.41, 5.74) is 7.10. The van der Waals surface area contributed by atoms with E-state index < -0.39 is 0 Å². The monoisotopic (exact) mass is 264 g/mol. The number of halogens is 2. The molecule has 0 aliphatic rings. The molecule has 3 N–H and O–H groups in total. The molecule has 2 aromatic rings. The topological polar surface area (TPSA) is 38.0 Å². The van der Waals surface area contributed by atoms with Crippen LogP contribution in [-0.2, 0) is 0 Å². The van der Waals surface area contributed by atoms with Crippen LogP contribution in [0.25, 0.3) is 0 Å². The number of nitrogens with two attached hydrogens (primary N) is 1. The van der Waals surface area contributed by atoms with E-state index in [1.165, 1.54) is 6.07 Å². The Morgan fingerprint density at radius 3 is 2.61 bits per heavy atom. The lowest BCUT2D eigenvalue weighted by molar-refractivity contribution is 0.626. The zero-order valence-electron chi connectivity index (χ0n) is 9.74. The van der Waals surface area contributed by atoms with Crippen molar-refractivity contribution in [3.8, 4) is 0 Å². The summed E-state index contributed by atoms with van der Waals surface area (Å²) in [4.78, 5) is 0. The van der Waals surface area contributed by atoms with E-state index in [2.05, 4.69) is 5.32 Å². The Morgan fingerprint density at radius 2 is 1.94 bits per heavy atom. The smallest absolute Gasteiger partial charge is 0.146 e. The van der Waals surface area contributed by atoms with Crippen LogP contribution in [0.15, 0.2) is 48.5 Å². The maximum absolute atomic E-state index is 13.6. The van der Waals surface area contributed by atoms with Crippen molar-refractivity contribution >= 4 is 17.3 Å². The molecule has 2 aromatic carbocycles. The van der Waals surface area contributed by atoms with E-state index in [0.29, 0.717) is 17.3 Å². The highest BCUT2D eigenvalue weighted by molar-refractivity contribution is 6.30. The molecule has 0 spiro atoms. The van der Waals surface area contributed by atoms with Gasteiger partial charge in [-0.05, 0) is 29.8 Å². The molecule has 0 aliphatic heterocycles. The van der Waals surface area contributed by atoms with Gasteiger partial charge in [-0.25, -0.2) is 4.39 Å². The molecule has 0 heterocycles. The number of anilines is 1. The second-order valence-corrected chi connectivity index (χ2v) is 4.40. The number of benzene rings is 2. The molecule has 2 nitrogen and oxygen atoms in total. The molecule has 0 saturated carbocycles. The lowest BCUT2D eigenvalue weighted by atomic mass is 10.1. The van der Waals surface area contributed by atoms with Gasteiger partial charge in [-0.2, -0.15) is 0 Å². The average Bonchev–Trinajstić information content (AvgIpc) is 2.38. The van der Waals surface area contributed by atoms with Crippen LogP contribution in [0, 0.1) is 5.82 Å². The third-order valence-electron chi connectivity index (χ3n) is 2.69. The van der Waals surface area contributed by atoms with Gasteiger partial charge in [-0.15, -0.1) is 0 Å². The standard InChI is InChI=1S/C14H14ClFN2/c15-11-5-3-4-10(8-11)14(9-17)18-13-7-2-1-6-12(13)16/h1-8,14,18H,9,17H2. The fourth-order valence-electron chi connectivity index (χ4n) is 1.77. The maximum atomic E-state index is 13.6. The van der Waals surface area contributed by atoms with Gasteiger partial charge < -0.3 is 11.1 Å². The zero-order valence-corrected chi connectivity index (χ0v) is 10.5. The SMILES string of the molecule is NCC(Nc1ccccc1F)c1cccc(Cl)c1. The Bertz CT molecular complexity index is 531. The van der Waals surface area contributed by atoms with Gasteiger partial charge in [0.2, 0.25) is 0 Å². The molecular formula is C14H14ClFN2. The van der Waals surface area contributed by atoms with Gasteiger partial charge in [0.15, 0.2) is 0 Å². The van der Waals surface area contributed by atoms with Crippen molar-refractivity contribution in [1.82, 2.24) is 0 Å². The molecule has 0 aliphatic carbocycles. The van der Waals surface area contributed by atoms with Crippen LogP contribution in [0.4, 0.5) is 10.1 Å². The highest BCUT2D eigenvalue weighted by atomic mass is 35.5. The minimum Gasteiger partial charge on any atom is -0.375 e. The van der Waals surface area contributed by atoms with E-state index in [-0.39, 0.29) is 11.9 Å². The van der Waals surface area contributed by atoms with Gasteiger partial charge in [0.05, 0.1) is 11.7 Å². The van der Waals surface area contributed by atoms with E-state index in [0.717, 1.165) is 5.56 Å². The summed E-state index contributed by atoms with van der Waals surface area (Å²) in [6, 6.07) is 13.7. The fourth-order valence-corrected chi connectivity index (χ4v) is 1.97. The Morgan fingerprint density at radius 1 is 1.17 bits per heavy atom. The van der Waals surface area contributed by atoms with Crippen LogP contribution >= 0.6 is 11.6 Å². The Kier molecular flexibility index (Phi) is 4.18. The Balaban J connectivity index is 2.23. The summed E-state index contributed by atoms with van der Waals surface area (Å²) in [5, 5.41) is 3.72. The molecule has 1 unspecified atom stereocenters. The molecule has 94 valence electrons.